The Morgan fingerprint density at radius 2 is 1.96 bits per heavy atom. The summed E-state index contributed by atoms with van der Waals surface area (Å²) in [4.78, 5) is 24.1. The van der Waals surface area contributed by atoms with Crippen LogP contribution in [0.1, 0.15) is 20.3 Å². The van der Waals surface area contributed by atoms with Gasteiger partial charge in [-0.3, -0.25) is 9.59 Å². The van der Waals surface area contributed by atoms with Crippen LogP contribution in [0.25, 0.3) is 11.3 Å². The molecule has 0 fully saturated rings. The molecule has 1 aromatic heterocycles. The number of carbonyl (C=O) groups excluding carboxylic acids is 1. The maximum atomic E-state index is 12.2. The number of carbonyl (C=O) groups is 1. The SMILES string of the molecule is CC[C@H](C)[C@@H](CO)NC(=O)Cn1nc(-c2ccccc2)ccc1=O. The largest absolute Gasteiger partial charge is 0.394 e. The fourth-order valence-electron chi connectivity index (χ4n) is 2.37. The molecule has 0 aliphatic heterocycles. The van der Waals surface area contributed by atoms with E-state index in [9.17, 15) is 14.7 Å². The van der Waals surface area contributed by atoms with E-state index in [-0.39, 0.29) is 36.6 Å². The van der Waals surface area contributed by atoms with Gasteiger partial charge < -0.3 is 10.4 Å². The van der Waals surface area contributed by atoms with E-state index in [1.807, 2.05) is 44.2 Å². The average Bonchev–Trinajstić information content (AvgIpc) is 2.61. The van der Waals surface area contributed by atoms with Gasteiger partial charge in [0.1, 0.15) is 6.54 Å². The summed E-state index contributed by atoms with van der Waals surface area (Å²) in [6, 6.07) is 12.2. The second kappa shape index (κ2) is 8.40. The van der Waals surface area contributed by atoms with Crippen molar-refractivity contribution in [2.45, 2.75) is 32.9 Å². The monoisotopic (exact) mass is 329 g/mol. The maximum absolute atomic E-state index is 12.2. The fourth-order valence-corrected chi connectivity index (χ4v) is 2.37. The molecular formula is C18H23N3O3. The Morgan fingerprint density at radius 1 is 1.25 bits per heavy atom. The zero-order valence-corrected chi connectivity index (χ0v) is 14.0. The van der Waals surface area contributed by atoms with E-state index in [1.165, 1.54) is 6.07 Å². The molecule has 1 amide bonds. The van der Waals surface area contributed by atoms with E-state index in [2.05, 4.69) is 10.4 Å². The highest BCUT2D eigenvalue weighted by molar-refractivity contribution is 5.76. The Labute approximate surface area is 141 Å². The molecule has 1 aromatic carbocycles. The first-order valence-corrected chi connectivity index (χ1v) is 8.09. The molecule has 2 rings (SSSR count). The van der Waals surface area contributed by atoms with Gasteiger partial charge in [0.05, 0.1) is 18.3 Å². The van der Waals surface area contributed by atoms with Gasteiger partial charge in [0, 0.05) is 11.6 Å². The van der Waals surface area contributed by atoms with Crippen LogP contribution >= 0.6 is 0 Å². The highest BCUT2D eigenvalue weighted by Gasteiger charge is 2.18. The number of hydrogen-bond acceptors (Lipinski definition) is 4. The van der Waals surface area contributed by atoms with Gasteiger partial charge in [-0.1, -0.05) is 50.6 Å². The molecular weight excluding hydrogens is 306 g/mol. The normalized spacial score (nSPS) is 13.3. The standard InChI is InChI=1S/C18H23N3O3/c1-3-13(2)16(12-22)19-17(23)11-21-18(24)10-9-15(20-21)14-7-5-4-6-8-14/h4-10,13,16,22H,3,11-12H2,1-2H3,(H,19,23)/t13-,16+/m0/s1. The molecule has 1 heterocycles. The van der Waals surface area contributed by atoms with Crippen LogP contribution < -0.4 is 10.9 Å². The summed E-state index contributed by atoms with van der Waals surface area (Å²) in [6.07, 6.45) is 0.840. The minimum absolute atomic E-state index is 0.132. The molecule has 24 heavy (non-hydrogen) atoms. The van der Waals surface area contributed by atoms with Crippen molar-refractivity contribution in [2.24, 2.45) is 5.92 Å². The molecule has 6 nitrogen and oxygen atoms in total. The maximum Gasteiger partial charge on any atom is 0.267 e. The van der Waals surface area contributed by atoms with Crippen LogP contribution in [0.5, 0.6) is 0 Å². The number of aliphatic hydroxyl groups is 1. The van der Waals surface area contributed by atoms with Gasteiger partial charge >= 0.3 is 0 Å². The van der Waals surface area contributed by atoms with Gasteiger partial charge in [-0.25, -0.2) is 4.68 Å². The summed E-state index contributed by atoms with van der Waals surface area (Å²) in [6.45, 7) is 3.65. The number of hydrogen-bond donors (Lipinski definition) is 2. The van der Waals surface area contributed by atoms with E-state index >= 15 is 0 Å². The van der Waals surface area contributed by atoms with Crippen LogP contribution in [-0.4, -0.2) is 33.4 Å². The van der Waals surface area contributed by atoms with E-state index in [1.54, 1.807) is 6.07 Å². The van der Waals surface area contributed by atoms with Gasteiger partial charge in [-0.15, -0.1) is 0 Å². The molecule has 6 heteroatoms. The zero-order chi connectivity index (χ0) is 17.5. The van der Waals surface area contributed by atoms with Crippen LogP contribution in [0.2, 0.25) is 0 Å². The molecule has 2 aromatic rings. The van der Waals surface area contributed by atoms with Gasteiger partial charge in [-0.05, 0) is 12.0 Å². The number of amides is 1. The summed E-state index contributed by atoms with van der Waals surface area (Å²) in [5.74, 6) is -0.187. The summed E-state index contributed by atoms with van der Waals surface area (Å²) in [5.41, 5.74) is 1.16. The number of rotatable bonds is 7. The second-order valence-electron chi connectivity index (χ2n) is 5.82. The van der Waals surface area contributed by atoms with Crippen molar-refractivity contribution in [1.82, 2.24) is 15.1 Å². The molecule has 0 bridgehead atoms. The van der Waals surface area contributed by atoms with Crippen molar-refractivity contribution < 1.29 is 9.90 Å². The predicted molar refractivity (Wildman–Crippen MR) is 92.4 cm³/mol. The number of aliphatic hydroxyl groups excluding tert-OH is 1. The van der Waals surface area contributed by atoms with Gasteiger partial charge in [-0.2, -0.15) is 5.10 Å². The molecule has 0 saturated carbocycles. The third-order valence-electron chi connectivity index (χ3n) is 4.10. The average molecular weight is 329 g/mol. The molecule has 0 spiro atoms. The van der Waals surface area contributed by atoms with Crippen molar-refractivity contribution in [3.05, 3.63) is 52.8 Å². The molecule has 0 unspecified atom stereocenters. The van der Waals surface area contributed by atoms with E-state index in [0.29, 0.717) is 5.69 Å². The lowest BCUT2D eigenvalue weighted by Gasteiger charge is -2.22. The third kappa shape index (κ3) is 4.52. The smallest absolute Gasteiger partial charge is 0.267 e. The molecule has 0 aliphatic rings. The van der Waals surface area contributed by atoms with Gasteiger partial charge in [0.15, 0.2) is 0 Å². The Kier molecular flexibility index (Phi) is 6.26. The van der Waals surface area contributed by atoms with E-state index in [4.69, 9.17) is 0 Å². The first kappa shape index (κ1) is 17.9. The molecule has 0 aliphatic carbocycles. The second-order valence-corrected chi connectivity index (χ2v) is 5.82. The van der Waals surface area contributed by atoms with Crippen molar-refractivity contribution in [3.63, 3.8) is 0 Å². The molecule has 0 radical (unpaired) electrons. The lowest BCUT2D eigenvalue weighted by molar-refractivity contribution is -0.123. The van der Waals surface area contributed by atoms with E-state index in [0.717, 1.165) is 16.7 Å². The third-order valence-corrected chi connectivity index (χ3v) is 4.10. The first-order valence-electron chi connectivity index (χ1n) is 8.09. The Hall–Kier alpha value is -2.47. The Morgan fingerprint density at radius 3 is 2.58 bits per heavy atom. The number of aromatic nitrogens is 2. The van der Waals surface area contributed by atoms with Crippen LogP contribution in [0.15, 0.2) is 47.3 Å². The molecule has 128 valence electrons. The molecule has 0 saturated heterocycles. The fraction of sp³-hybridized carbons (Fsp3) is 0.389. The van der Waals surface area contributed by atoms with Crippen LogP contribution in [-0.2, 0) is 11.3 Å². The summed E-state index contributed by atoms with van der Waals surface area (Å²) < 4.78 is 1.14. The van der Waals surface area contributed by atoms with Crippen molar-refractivity contribution in [3.8, 4) is 11.3 Å². The van der Waals surface area contributed by atoms with Crippen molar-refractivity contribution >= 4 is 5.91 Å². The van der Waals surface area contributed by atoms with Gasteiger partial charge in [0.2, 0.25) is 5.91 Å². The van der Waals surface area contributed by atoms with Crippen LogP contribution in [0, 0.1) is 5.92 Å². The summed E-state index contributed by atoms with van der Waals surface area (Å²) >= 11 is 0. The topological polar surface area (TPSA) is 84.2 Å². The van der Waals surface area contributed by atoms with Gasteiger partial charge in [0.25, 0.3) is 5.56 Å². The first-order chi connectivity index (χ1) is 11.5. The lowest BCUT2D eigenvalue weighted by atomic mass is 10.00. The summed E-state index contributed by atoms with van der Waals surface area (Å²) in [7, 11) is 0. The highest BCUT2D eigenvalue weighted by Crippen LogP contribution is 2.14. The Bertz CT molecular complexity index is 728. The lowest BCUT2D eigenvalue weighted by Crippen LogP contribution is -2.44. The van der Waals surface area contributed by atoms with Crippen LogP contribution in [0.4, 0.5) is 0 Å². The van der Waals surface area contributed by atoms with Crippen molar-refractivity contribution in [1.29, 1.82) is 0 Å². The predicted octanol–water partition coefficient (Wildman–Crippen LogP) is 1.43. The van der Waals surface area contributed by atoms with E-state index < -0.39 is 0 Å². The van der Waals surface area contributed by atoms with Crippen molar-refractivity contribution in [2.75, 3.05) is 6.61 Å². The number of nitrogens with zero attached hydrogens (tertiary/aromatic N) is 2. The molecule has 2 atom stereocenters. The zero-order valence-electron chi connectivity index (χ0n) is 14.0. The number of nitrogens with one attached hydrogen (secondary N) is 1. The Balaban J connectivity index is 2.14. The highest BCUT2D eigenvalue weighted by atomic mass is 16.3. The van der Waals surface area contributed by atoms with Crippen LogP contribution in [0.3, 0.4) is 0 Å². The minimum Gasteiger partial charge on any atom is -0.394 e. The molecule has 2 N–H and O–H groups in total. The number of benzene rings is 1. The quantitative estimate of drug-likeness (QED) is 0.805. The summed E-state index contributed by atoms with van der Waals surface area (Å²) in [5, 5.41) is 16.4. The minimum atomic E-state index is -0.339.